The third-order valence-electron chi connectivity index (χ3n) is 3.43. The lowest BCUT2D eigenvalue weighted by Gasteiger charge is -2.04. The molecule has 0 radical (unpaired) electrons. The molecule has 2 N–H and O–H groups in total. The van der Waals surface area contributed by atoms with Crippen molar-refractivity contribution in [3.8, 4) is 0 Å². The van der Waals surface area contributed by atoms with E-state index in [4.69, 9.17) is 0 Å². The molecule has 9 heteroatoms. The normalized spacial score (nSPS) is 11.1. The number of sulfonamides is 1. The van der Waals surface area contributed by atoms with Gasteiger partial charge < -0.3 is 5.32 Å². The van der Waals surface area contributed by atoms with Gasteiger partial charge in [-0.3, -0.25) is 14.5 Å². The summed E-state index contributed by atoms with van der Waals surface area (Å²) in [7, 11) is -3.74. The standard InChI is InChI=1S/C17H16N4O3S2/c1-12-15(16(22)19-11-13-7-5-6-10-18-13)25-17(20-12)21-26(23,24)14-8-3-2-4-9-14/h2-10H,11H2,1H3,(H,19,22)(H,20,21). The minimum Gasteiger partial charge on any atom is -0.346 e. The Hall–Kier alpha value is -2.78. The van der Waals surface area contributed by atoms with Crippen LogP contribution >= 0.6 is 11.3 Å². The number of nitrogens with one attached hydrogen (secondary N) is 2. The number of pyridine rings is 1. The van der Waals surface area contributed by atoms with E-state index < -0.39 is 10.0 Å². The Balaban J connectivity index is 1.71. The van der Waals surface area contributed by atoms with Crippen LogP contribution in [0.4, 0.5) is 5.13 Å². The molecular formula is C17H16N4O3S2. The van der Waals surface area contributed by atoms with Crippen molar-refractivity contribution in [2.24, 2.45) is 0 Å². The summed E-state index contributed by atoms with van der Waals surface area (Å²) >= 11 is 0.990. The van der Waals surface area contributed by atoms with Gasteiger partial charge in [-0.25, -0.2) is 13.4 Å². The van der Waals surface area contributed by atoms with Crippen LogP contribution in [0.15, 0.2) is 59.6 Å². The van der Waals surface area contributed by atoms with Gasteiger partial charge in [-0.2, -0.15) is 0 Å². The van der Waals surface area contributed by atoms with Crippen LogP contribution in [0, 0.1) is 6.92 Å². The van der Waals surface area contributed by atoms with Gasteiger partial charge in [0.15, 0.2) is 5.13 Å². The summed E-state index contributed by atoms with van der Waals surface area (Å²) in [5, 5.41) is 2.90. The molecule has 0 unspecified atom stereocenters. The van der Waals surface area contributed by atoms with Crippen molar-refractivity contribution in [3.05, 3.63) is 71.0 Å². The molecule has 0 aliphatic heterocycles. The zero-order chi connectivity index (χ0) is 18.6. The van der Waals surface area contributed by atoms with Crippen molar-refractivity contribution in [1.82, 2.24) is 15.3 Å². The zero-order valence-electron chi connectivity index (χ0n) is 13.8. The molecule has 0 aliphatic carbocycles. The molecule has 0 bridgehead atoms. The van der Waals surface area contributed by atoms with Crippen molar-refractivity contribution in [1.29, 1.82) is 0 Å². The van der Waals surface area contributed by atoms with Gasteiger partial charge in [-0.15, -0.1) is 0 Å². The molecule has 2 aromatic heterocycles. The number of benzene rings is 1. The number of aromatic nitrogens is 2. The Bertz CT molecular complexity index is 1000. The van der Waals surface area contributed by atoms with Crippen LogP contribution in [0.3, 0.4) is 0 Å². The zero-order valence-corrected chi connectivity index (χ0v) is 15.5. The van der Waals surface area contributed by atoms with Crippen molar-refractivity contribution in [2.75, 3.05) is 4.72 Å². The van der Waals surface area contributed by atoms with Gasteiger partial charge in [0.2, 0.25) is 0 Å². The summed E-state index contributed by atoms with van der Waals surface area (Å²) in [5.74, 6) is -0.323. The topological polar surface area (TPSA) is 101 Å². The fraction of sp³-hybridized carbons (Fsp3) is 0.118. The van der Waals surface area contributed by atoms with Crippen molar-refractivity contribution in [2.45, 2.75) is 18.4 Å². The summed E-state index contributed by atoms with van der Waals surface area (Å²) < 4.78 is 27.1. The number of anilines is 1. The van der Waals surface area contributed by atoms with Crippen molar-refractivity contribution >= 4 is 32.4 Å². The van der Waals surface area contributed by atoms with Crippen LogP contribution in [-0.2, 0) is 16.6 Å². The lowest BCUT2D eigenvalue weighted by atomic mass is 10.3. The van der Waals surface area contributed by atoms with Crippen LogP contribution in [0.2, 0.25) is 0 Å². The Labute approximate surface area is 155 Å². The van der Waals surface area contributed by atoms with Gasteiger partial charge in [0, 0.05) is 6.20 Å². The molecule has 0 saturated heterocycles. The molecule has 0 fully saturated rings. The molecule has 0 saturated carbocycles. The van der Waals surface area contributed by atoms with Gasteiger partial charge >= 0.3 is 0 Å². The average Bonchev–Trinajstić information content (AvgIpc) is 3.01. The third kappa shape index (κ3) is 4.24. The molecule has 0 spiro atoms. The first-order valence-electron chi connectivity index (χ1n) is 7.69. The highest BCUT2D eigenvalue weighted by Gasteiger charge is 2.20. The van der Waals surface area contributed by atoms with Crippen molar-refractivity contribution in [3.63, 3.8) is 0 Å². The third-order valence-corrected chi connectivity index (χ3v) is 5.99. The number of rotatable bonds is 6. The molecule has 2 heterocycles. The minimum atomic E-state index is -3.74. The van der Waals surface area contributed by atoms with E-state index in [-0.39, 0.29) is 22.5 Å². The Morgan fingerprint density at radius 2 is 1.85 bits per heavy atom. The number of thiazole rings is 1. The number of hydrogen-bond acceptors (Lipinski definition) is 6. The summed E-state index contributed by atoms with van der Waals surface area (Å²) in [4.78, 5) is 21.1. The molecule has 0 atom stereocenters. The highest BCUT2D eigenvalue weighted by atomic mass is 32.2. The Morgan fingerprint density at radius 3 is 2.54 bits per heavy atom. The number of carbonyl (C=O) groups excluding carboxylic acids is 1. The fourth-order valence-corrected chi connectivity index (χ4v) is 4.32. The SMILES string of the molecule is Cc1nc(NS(=O)(=O)c2ccccc2)sc1C(=O)NCc1ccccn1. The molecule has 134 valence electrons. The van der Waals surface area contributed by atoms with Crippen molar-refractivity contribution < 1.29 is 13.2 Å². The first-order valence-corrected chi connectivity index (χ1v) is 9.99. The van der Waals surface area contributed by atoms with Crippen LogP contribution in [0.1, 0.15) is 21.1 Å². The Morgan fingerprint density at radius 1 is 1.12 bits per heavy atom. The second kappa shape index (κ2) is 7.63. The number of hydrogen-bond donors (Lipinski definition) is 2. The monoisotopic (exact) mass is 388 g/mol. The second-order valence-corrected chi connectivity index (χ2v) is 8.04. The first-order chi connectivity index (χ1) is 12.5. The maximum atomic E-state index is 12.3. The number of amides is 1. The molecule has 3 aromatic rings. The maximum Gasteiger partial charge on any atom is 0.263 e. The van der Waals surface area contributed by atoms with E-state index in [9.17, 15) is 13.2 Å². The summed E-state index contributed by atoms with van der Waals surface area (Å²) in [6.45, 7) is 1.94. The van der Waals surface area contributed by atoms with Crippen LogP contribution in [-0.4, -0.2) is 24.3 Å². The van der Waals surface area contributed by atoms with E-state index in [1.54, 1.807) is 43.5 Å². The number of nitrogens with zero attached hydrogens (tertiary/aromatic N) is 2. The predicted octanol–water partition coefficient (Wildman–Crippen LogP) is 2.58. The molecule has 1 amide bonds. The van der Waals surface area contributed by atoms with Crippen LogP contribution in [0.25, 0.3) is 0 Å². The second-order valence-electron chi connectivity index (χ2n) is 5.36. The molecule has 7 nitrogen and oxygen atoms in total. The van der Waals surface area contributed by atoms with Gasteiger partial charge in [0.1, 0.15) is 4.88 Å². The first kappa shape index (κ1) is 18.0. The summed E-state index contributed by atoms with van der Waals surface area (Å²) in [6, 6.07) is 13.4. The summed E-state index contributed by atoms with van der Waals surface area (Å²) in [5.41, 5.74) is 1.19. The average molecular weight is 388 g/mol. The number of carbonyl (C=O) groups is 1. The summed E-state index contributed by atoms with van der Waals surface area (Å²) in [6.07, 6.45) is 1.65. The van der Waals surface area contributed by atoms with E-state index in [2.05, 4.69) is 20.0 Å². The van der Waals surface area contributed by atoms with E-state index in [0.29, 0.717) is 10.6 Å². The highest BCUT2D eigenvalue weighted by Crippen LogP contribution is 2.25. The van der Waals surface area contributed by atoms with E-state index in [0.717, 1.165) is 17.0 Å². The van der Waals surface area contributed by atoms with E-state index in [1.807, 2.05) is 6.07 Å². The number of aryl methyl sites for hydroxylation is 1. The lowest BCUT2D eigenvalue weighted by molar-refractivity contribution is 0.0953. The van der Waals surface area contributed by atoms with Crippen LogP contribution < -0.4 is 10.0 Å². The minimum absolute atomic E-state index is 0.133. The van der Waals surface area contributed by atoms with Gasteiger partial charge in [0.25, 0.3) is 15.9 Å². The van der Waals surface area contributed by atoms with Gasteiger partial charge in [0.05, 0.1) is 22.8 Å². The highest BCUT2D eigenvalue weighted by molar-refractivity contribution is 7.93. The quantitative estimate of drug-likeness (QED) is 0.676. The smallest absolute Gasteiger partial charge is 0.263 e. The maximum absolute atomic E-state index is 12.3. The fourth-order valence-electron chi connectivity index (χ4n) is 2.18. The van der Waals surface area contributed by atoms with Gasteiger partial charge in [-0.05, 0) is 31.2 Å². The molecular weight excluding hydrogens is 372 g/mol. The molecule has 1 aromatic carbocycles. The molecule has 0 aliphatic rings. The van der Waals surface area contributed by atoms with Crippen LogP contribution in [0.5, 0.6) is 0 Å². The van der Waals surface area contributed by atoms with E-state index in [1.165, 1.54) is 12.1 Å². The predicted molar refractivity (Wildman–Crippen MR) is 99.5 cm³/mol. The van der Waals surface area contributed by atoms with Gasteiger partial charge in [-0.1, -0.05) is 35.6 Å². The lowest BCUT2D eigenvalue weighted by Crippen LogP contribution is -2.23. The molecule has 26 heavy (non-hydrogen) atoms. The van der Waals surface area contributed by atoms with E-state index >= 15 is 0 Å². The largest absolute Gasteiger partial charge is 0.346 e. The Kier molecular flexibility index (Phi) is 5.29. The molecule has 3 rings (SSSR count).